The first-order valence-electron chi connectivity index (χ1n) is 7.51. The van der Waals surface area contributed by atoms with Crippen LogP contribution in [0.25, 0.3) is 11.3 Å². The fourth-order valence-electron chi connectivity index (χ4n) is 2.37. The summed E-state index contributed by atoms with van der Waals surface area (Å²) in [6, 6.07) is 7.71. The minimum atomic E-state index is -0.302. The van der Waals surface area contributed by atoms with Crippen molar-refractivity contribution in [1.82, 2.24) is 15.8 Å². The zero-order chi connectivity index (χ0) is 16.1. The van der Waals surface area contributed by atoms with Crippen LogP contribution < -0.4 is 10.6 Å². The fourth-order valence-corrected chi connectivity index (χ4v) is 2.37. The van der Waals surface area contributed by atoms with Crippen LogP contribution in [0.3, 0.4) is 0 Å². The minimum Gasteiger partial charge on any atom is -0.375 e. The maximum absolute atomic E-state index is 12.9. The molecule has 0 spiro atoms. The number of benzene rings is 1. The van der Waals surface area contributed by atoms with Crippen LogP contribution in [-0.2, 0) is 16.1 Å². The maximum Gasteiger partial charge on any atom is 0.223 e. The lowest BCUT2D eigenvalue weighted by Crippen LogP contribution is -2.41. The minimum absolute atomic E-state index is 0.0896. The highest BCUT2D eigenvalue weighted by atomic mass is 19.1. The molecule has 0 bridgehead atoms. The van der Waals surface area contributed by atoms with E-state index in [9.17, 15) is 9.18 Å². The van der Waals surface area contributed by atoms with Crippen molar-refractivity contribution < 1.29 is 18.4 Å². The van der Waals surface area contributed by atoms with Gasteiger partial charge in [-0.25, -0.2) is 4.39 Å². The molecule has 1 unspecified atom stereocenters. The van der Waals surface area contributed by atoms with Gasteiger partial charge in [0.15, 0.2) is 5.76 Å². The van der Waals surface area contributed by atoms with Crippen molar-refractivity contribution in [3.8, 4) is 11.3 Å². The molecule has 1 amide bonds. The van der Waals surface area contributed by atoms with Crippen molar-refractivity contribution in [2.24, 2.45) is 0 Å². The summed E-state index contributed by atoms with van der Waals surface area (Å²) < 4.78 is 23.6. The number of ether oxygens (including phenoxy) is 1. The number of nitrogens with zero attached hydrogens (tertiary/aromatic N) is 1. The number of amides is 1. The molecule has 6 nitrogen and oxygen atoms in total. The monoisotopic (exact) mass is 319 g/mol. The number of rotatable bonds is 5. The zero-order valence-corrected chi connectivity index (χ0v) is 12.5. The molecular formula is C16H18FN3O3. The Hall–Kier alpha value is -2.25. The predicted molar refractivity (Wildman–Crippen MR) is 81.0 cm³/mol. The van der Waals surface area contributed by atoms with Crippen molar-refractivity contribution in [3.05, 3.63) is 41.9 Å². The molecule has 2 heterocycles. The van der Waals surface area contributed by atoms with E-state index < -0.39 is 0 Å². The standard InChI is InChI=1S/C16H18FN3O3/c17-12-3-1-11(2-4-12)15-7-14(23-20-15)10-19-16(21)8-13-9-18-5-6-22-13/h1-4,7,13,18H,5-6,8-10H2,(H,19,21). The second-order valence-electron chi connectivity index (χ2n) is 5.36. The first-order chi connectivity index (χ1) is 11.2. The Morgan fingerprint density at radius 1 is 1.39 bits per heavy atom. The Kier molecular flexibility index (Phi) is 4.99. The van der Waals surface area contributed by atoms with Gasteiger partial charge in [-0.1, -0.05) is 5.16 Å². The van der Waals surface area contributed by atoms with E-state index in [-0.39, 0.29) is 24.4 Å². The summed E-state index contributed by atoms with van der Waals surface area (Å²) in [7, 11) is 0. The smallest absolute Gasteiger partial charge is 0.223 e. The van der Waals surface area contributed by atoms with Crippen LogP contribution in [0.2, 0.25) is 0 Å². The molecule has 1 aliphatic rings. The quantitative estimate of drug-likeness (QED) is 0.873. The van der Waals surface area contributed by atoms with Crippen LogP contribution in [0, 0.1) is 5.82 Å². The molecule has 23 heavy (non-hydrogen) atoms. The van der Waals surface area contributed by atoms with E-state index in [1.807, 2.05) is 0 Å². The molecule has 1 saturated heterocycles. The van der Waals surface area contributed by atoms with Gasteiger partial charge < -0.3 is 19.9 Å². The Bertz CT molecular complexity index is 651. The average molecular weight is 319 g/mol. The average Bonchev–Trinajstić information content (AvgIpc) is 3.04. The molecule has 1 aliphatic heterocycles. The molecule has 2 aromatic rings. The molecule has 3 rings (SSSR count). The topological polar surface area (TPSA) is 76.4 Å². The summed E-state index contributed by atoms with van der Waals surface area (Å²) in [6.07, 6.45) is 0.222. The first kappa shape index (κ1) is 15.6. The molecule has 0 radical (unpaired) electrons. The molecule has 0 aliphatic carbocycles. The van der Waals surface area contributed by atoms with Crippen molar-refractivity contribution in [3.63, 3.8) is 0 Å². The van der Waals surface area contributed by atoms with Gasteiger partial charge in [0.25, 0.3) is 0 Å². The van der Waals surface area contributed by atoms with Gasteiger partial charge in [0.1, 0.15) is 11.5 Å². The number of hydrogen-bond acceptors (Lipinski definition) is 5. The molecular weight excluding hydrogens is 301 g/mol. The summed E-state index contributed by atoms with van der Waals surface area (Å²) in [5.74, 6) is 0.142. The Labute approximate surface area is 133 Å². The molecule has 0 saturated carbocycles. The SMILES string of the molecule is O=C(CC1CNCCO1)NCc1cc(-c2ccc(F)cc2)no1. The summed E-state index contributed by atoms with van der Waals surface area (Å²) in [5.41, 5.74) is 1.36. The fraction of sp³-hybridized carbons (Fsp3) is 0.375. The van der Waals surface area contributed by atoms with E-state index in [4.69, 9.17) is 9.26 Å². The second kappa shape index (κ2) is 7.34. The molecule has 1 fully saturated rings. The molecule has 1 aromatic carbocycles. The molecule has 122 valence electrons. The van der Waals surface area contributed by atoms with Crippen LogP contribution >= 0.6 is 0 Å². The summed E-state index contributed by atoms with van der Waals surface area (Å²) >= 11 is 0. The van der Waals surface area contributed by atoms with Crippen molar-refractivity contribution in [1.29, 1.82) is 0 Å². The maximum atomic E-state index is 12.9. The van der Waals surface area contributed by atoms with Crippen molar-refractivity contribution in [2.75, 3.05) is 19.7 Å². The van der Waals surface area contributed by atoms with Gasteiger partial charge in [-0.2, -0.15) is 0 Å². The van der Waals surface area contributed by atoms with E-state index >= 15 is 0 Å². The summed E-state index contributed by atoms with van der Waals surface area (Å²) in [4.78, 5) is 11.9. The third-order valence-electron chi connectivity index (χ3n) is 3.58. The van der Waals surface area contributed by atoms with Gasteiger partial charge in [-0.15, -0.1) is 0 Å². The van der Waals surface area contributed by atoms with E-state index in [0.29, 0.717) is 31.0 Å². The lowest BCUT2D eigenvalue weighted by Gasteiger charge is -2.22. The van der Waals surface area contributed by atoms with Gasteiger partial charge in [0.05, 0.1) is 25.7 Å². The zero-order valence-electron chi connectivity index (χ0n) is 12.5. The van der Waals surface area contributed by atoms with Crippen LogP contribution in [0.1, 0.15) is 12.2 Å². The van der Waals surface area contributed by atoms with Crippen LogP contribution in [-0.4, -0.2) is 36.9 Å². The Morgan fingerprint density at radius 2 is 2.22 bits per heavy atom. The first-order valence-corrected chi connectivity index (χ1v) is 7.51. The number of halogens is 1. The number of carbonyl (C=O) groups is 1. The van der Waals surface area contributed by atoms with Gasteiger partial charge in [0.2, 0.25) is 5.91 Å². The summed E-state index contributed by atoms with van der Waals surface area (Å²) in [6.45, 7) is 2.39. The number of hydrogen-bond donors (Lipinski definition) is 2. The number of carbonyl (C=O) groups excluding carboxylic acids is 1. The number of aromatic nitrogens is 1. The third kappa shape index (κ3) is 4.37. The predicted octanol–water partition coefficient (Wildman–Crippen LogP) is 1.48. The Morgan fingerprint density at radius 3 is 2.96 bits per heavy atom. The van der Waals surface area contributed by atoms with Gasteiger partial charge in [0, 0.05) is 24.7 Å². The highest BCUT2D eigenvalue weighted by Gasteiger charge is 2.17. The largest absolute Gasteiger partial charge is 0.375 e. The highest BCUT2D eigenvalue weighted by Crippen LogP contribution is 2.19. The van der Waals surface area contributed by atoms with Crippen molar-refractivity contribution >= 4 is 5.91 Å². The molecule has 7 heteroatoms. The molecule has 1 aromatic heterocycles. The van der Waals surface area contributed by atoms with E-state index in [0.717, 1.165) is 12.1 Å². The summed E-state index contributed by atoms with van der Waals surface area (Å²) in [5, 5.41) is 9.89. The van der Waals surface area contributed by atoms with Crippen LogP contribution in [0.4, 0.5) is 4.39 Å². The van der Waals surface area contributed by atoms with E-state index in [1.165, 1.54) is 12.1 Å². The molecule has 2 N–H and O–H groups in total. The van der Waals surface area contributed by atoms with E-state index in [2.05, 4.69) is 15.8 Å². The normalized spacial score (nSPS) is 17.9. The van der Waals surface area contributed by atoms with Gasteiger partial charge in [-0.05, 0) is 24.3 Å². The lowest BCUT2D eigenvalue weighted by atomic mass is 10.1. The van der Waals surface area contributed by atoms with E-state index in [1.54, 1.807) is 18.2 Å². The number of nitrogens with one attached hydrogen (secondary N) is 2. The lowest BCUT2D eigenvalue weighted by molar-refractivity contribution is -0.124. The second-order valence-corrected chi connectivity index (χ2v) is 5.36. The highest BCUT2D eigenvalue weighted by molar-refractivity contribution is 5.76. The molecule has 1 atom stereocenters. The third-order valence-corrected chi connectivity index (χ3v) is 3.58. The van der Waals surface area contributed by atoms with Gasteiger partial charge >= 0.3 is 0 Å². The van der Waals surface area contributed by atoms with Crippen LogP contribution in [0.15, 0.2) is 34.9 Å². The Balaban J connectivity index is 1.50. The van der Waals surface area contributed by atoms with Crippen LogP contribution in [0.5, 0.6) is 0 Å². The van der Waals surface area contributed by atoms with Gasteiger partial charge in [-0.3, -0.25) is 4.79 Å². The van der Waals surface area contributed by atoms with Crippen molar-refractivity contribution in [2.45, 2.75) is 19.1 Å². The number of morpholine rings is 1.